The number of rotatable bonds is 5. The maximum Gasteiger partial charge on any atom is 0.0491 e. The minimum atomic E-state index is 0.641. The van der Waals surface area contributed by atoms with Crippen LogP contribution in [0.1, 0.15) is 19.8 Å². The summed E-state index contributed by atoms with van der Waals surface area (Å²) in [5, 5.41) is 2.72. The van der Waals surface area contributed by atoms with E-state index in [-0.39, 0.29) is 0 Å². The second-order valence-electron chi connectivity index (χ2n) is 5.48. The molecule has 2 aromatic carbocycles. The zero-order valence-electron chi connectivity index (χ0n) is 11.9. The Morgan fingerprint density at radius 1 is 0.950 bits per heavy atom. The monoisotopic (exact) mass is 283 g/mol. The van der Waals surface area contributed by atoms with Crippen molar-refractivity contribution >= 4 is 34.4 Å². The standard InChI is InChI=1S/C18H21NS/c1-2-7-14(13-20)12-19-17-10-5-3-8-15(17)16-9-4-6-11-18(16)19/h3-6,8-11,14,20H,2,7,12-13H2,1H3. The van der Waals surface area contributed by atoms with Gasteiger partial charge in [-0.25, -0.2) is 0 Å². The summed E-state index contributed by atoms with van der Waals surface area (Å²) in [6.07, 6.45) is 2.46. The molecular weight excluding hydrogens is 262 g/mol. The van der Waals surface area contributed by atoms with Crippen LogP contribution in [-0.4, -0.2) is 10.3 Å². The molecule has 0 amide bonds. The van der Waals surface area contributed by atoms with E-state index >= 15 is 0 Å². The van der Waals surface area contributed by atoms with Crippen molar-refractivity contribution in [1.29, 1.82) is 0 Å². The van der Waals surface area contributed by atoms with Gasteiger partial charge in [0.25, 0.3) is 0 Å². The molecule has 1 heterocycles. The summed E-state index contributed by atoms with van der Waals surface area (Å²) in [5.74, 6) is 1.59. The summed E-state index contributed by atoms with van der Waals surface area (Å²) >= 11 is 4.54. The van der Waals surface area contributed by atoms with E-state index in [0.29, 0.717) is 5.92 Å². The van der Waals surface area contributed by atoms with Gasteiger partial charge in [0.05, 0.1) is 0 Å². The summed E-state index contributed by atoms with van der Waals surface area (Å²) in [6, 6.07) is 17.4. The number of thiol groups is 1. The lowest BCUT2D eigenvalue weighted by Gasteiger charge is -2.16. The van der Waals surface area contributed by atoms with Crippen molar-refractivity contribution in [1.82, 2.24) is 4.57 Å². The van der Waals surface area contributed by atoms with Gasteiger partial charge in [0.15, 0.2) is 0 Å². The van der Waals surface area contributed by atoms with Crippen LogP contribution in [0, 0.1) is 5.92 Å². The lowest BCUT2D eigenvalue weighted by atomic mass is 10.1. The third kappa shape index (κ3) is 2.33. The average molecular weight is 283 g/mol. The van der Waals surface area contributed by atoms with Gasteiger partial charge in [0.2, 0.25) is 0 Å². The number of fused-ring (bicyclic) bond motifs is 3. The van der Waals surface area contributed by atoms with Crippen LogP contribution in [0.15, 0.2) is 48.5 Å². The molecule has 104 valence electrons. The van der Waals surface area contributed by atoms with E-state index in [9.17, 15) is 0 Å². The van der Waals surface area contributed by atoms with Crippen molar-refractivity contribution in [2.75, 3.05) is 5.75 Å². The lowest BCUT2D eigenvalue weighted by molar-refractivity contribution is 0.468. The Morgan fingerprint density at radius 2 is 1.50 bits per heavy atom. The molecule has 3 rings (SSSR count). The predicted molar refractivity (Wildman–Crippen MR) is 91.7 cm³/mol. The van der Waals surface area contributed by atoms with Crippen molar-refractivity contribution in [2.24, 2.45) is 5.92 Å². The molecule has 0 N–H and O–H groups in total. The second kappa shape index (κ2) is 5.92. The molecular formula is C18H21NS. The number of benzene rings is 2. The third-order valence-electron chi connectivity index (χ3n) is 4.08. The number of hydrogen-bond donors (Lipinski definition) is 1. The number of aromatic nitrogens is 1. The first kappa shape index (κ1) is 13.6. The molecule has 0 bridgehead atoms. The molecule has 0 aliphatic rings. The molecule has 0 aliphatic heterocycles. The van der Waals surface area contributed by atoms with Gasteiger partial charge in [0.1, 0.15) is 0 Å². The Hall–Kier alpha value is -1.41. The molecule has 0 saturated carbocycles. The van der Waals surface area contributed by atoms with Crippen LogP contribution in [0.3, 0.4) is 0 Å². The highest BCUT2D eigenvalue weighted by Gasteiger charge is 2.13. The SMILES string of the molecule is CCCC(CS)Cn1c2ccccc2c2ccccc21. The number of para-hydroxylation sites is 2. The van der Waals surface area contributed by atoms with E-state index in [0.717, 1.165) is 12.3 Å². The van der Waals surface area contributed by atoms with Gasteiger partial charge in [0, 0.05) is 28.4 Å². The number of hydrogen-bond acceptors (Lipinski definition) is 1. The topological polar surface area (TPSA) is 4.93 Å². The predicted octanol–water partition coefficient (Wildman–Crippen LogP) is 5.14. The van der Waals surface area contributed by atoms with Gasteiger partial charge in [-0.15, -0.1) is 0 Å². The molecule has 0 aliphatic carbocycles. The maximum atomic E-state index is 4.54. The molecule has 0 radical (unpaired) electrons. The first-order valence-corrected chi connectivity index (χ1v) is 8.05. The fourth-order valence-electron chi connectivity index (χ4n) is 3.11. The quantitative estimate of drug-likeness (QED) is 0.619. The van der Waals surface area contributed by atoms with Crippen molar-refractivity contribution in [3.8, 4) is 0 Å². The van der Waals surface area contributed by atoms with Crippen LogP contribution >= 0.6 is 12.6 Å². The number of nitrogens with zero attached hydrogens (tertiary/aromatic N) is 1. The fraction of sp³-hybridized carbons (Fsp3) is 0.333. The molecule has 0 fully saturated rings. The molecule has 0 saturated heterocycles. The van der Waals surface area contributed by atoms with E-state index in [1.54, 1.807) is 0 Å². The van der Waals surface area contributed by atoms with E-state index in [2.05, 4.69) is 72.7 Å². The van der Waals surface area contributed by atoms with Gasteiger partial charge >= 0.3 is 0 Å². The van der Waals surface area contributed by atoms with Gasteiger partial charge in [-0.05, 0) is 30.2 Å². The molecule has 20 heavy (non-hydrogen) atoms. The minimum Gasteiger partial charge on any atom is -0.340 e. The van der Waals surface area contributed by atoms with Crippen molar-refractivity contribution in [3.05, 3.63) is 48.5 Å². The summed E-state index contributed by atoms with van der Waals surface area (Å²) in [5.41, 5.74) is 2.69. The normalized spacial score (nSPS) is 13.1. The highest BCUT2D eigenvalue weighted by molar-refractivity contribution is 7.80. The van der Waals surface area contributed by atoms with Crippen molar-refractivity contribution < 1.29 is 0 Å². The fourth-order valence-corrected chi connectivity index (χ4v) is 3.40. The Balaban J connectivity index is 2.16. The highest BCUT2D eigenvalue weighted by Crippen LogP contribution is 2.30. The van der Waals surface area contributed by atoms with Crippen LogP contribution in [-0.2, 0) is 6.54 Å². The van der Waals surface area contributed by atoms with E-state index in [4.69, 9.17) is 0 Å². The summed E-state index contributed by atoms with van der Waals surface area (Å²) in [7, 11) is 0. The zero-order valence-corrected chi connectivity index (χ0v) is 12.8. The smallest absolute Gasteiger partial charge is 0.0491 e. The molecule has 0 spiro atoms. The van der Waals surface area contributed by atoms with Crippen LogP contribution in [0.4, 0.5) is 0 Å². The summed E-state index contributed by atoms with van der Waals surface area (Å²) < 4.78 is 2.47. The Bertz CT molecular complexity index is 660. The zero-order chi connectivity index (χ0) is 13.9. The van der Waals surface area contributed by atoms with E-state index < -0.39 is 0 Å². The highest BCUT2D eigenvalue weighted by atomic mass is 32.1. The van der Waals surface area contributed by atoms with Gasteiger partial charge in [-0.1, -0.05) is 49.7 Å². The maximum absolute atomic E-state index is 4.54. The minimum absolute atomic E-state index is 0.641. The average Bonchev–Trinajstić information content (AvgIpc) is 2.82. The van der Waals surface area contributed by atoms with E-state index in [1.807, 2.05) is 0 Å². The van der Waals surface area contributed by atoms with Gasteiger partial charge in [-0.2, -0.15) is 12.6 Å². The third-order valence-corrected chi connectivity index (χ3v) is 4.59. The molecule has 2 heteroatoms. The molecule has 1 aromatic heterocycles. The molecule has 1 unspecified atom stereocenters. The van der Waals surface area contributed by atoms with Crippen molar-refractivity contribution in [2.45, 2.75) is 26.3 Å². The summed E-state index contributed by atoms with van der Waals surface area (Å²) in [4.78, 5) is 0. The van der Waals surface area contributed by atoms with Crippen molar-refractivity contribution in [3.63, 3.8) is 0 Å². The Morgan fingerprint density at radius 3 is 2.00 bits per heavy atom. The molecule has 1 nitrogen and oxygen atoms in total. The molecule has 1 atom stereocenters. The summed E-state index contributed by atoms with van der Waals surface area (Å²) in [6.45, 7) is 3.31. The first-order valence-electron chi connectivity index (χ1n) is 7.42. The second-order valence-corrected chi connectivity index (χ2v) is 5.85. The van der Waals surface area contributed by atoms with Gasteiger partial charge in [-0.3, -0.25) is 0 Å². The van der Waals surface area contributed by atoms with E-state index in [1.165, 1.54) is 34.6 Å². The van der Waals surface area contributed by atoms with Crippen LogP contribution in [0.2, 0.25) is 0 Å². The largest absolute Gasteiger partial charge is 0.340 e. The molecule has 3 aromatic rings. The Kier molecular flexibility index (Phi) is 4.02. The van der Waals surface area contributed by atoms with Gasteiger partial charge < -0.3 is 4.57 Å². The first-order chi connectivity index (χ1) is 9.85. The van der Waals surface area contributed by atoms with Crippen LogP contribution < -0.4 is 0 Å². The Labute approximate surface area is 126 Å². The van der Waals surface area contributed by atoms with Crippen LogP contribution in [0.25, 0.3) is 21.8 Å². The van der Waals surface area contributed by atoms with Crippen LogP contribution in [0.5, 0.6) is 0 Å². The lowest BCUT2D eigenvalue weighted by Crippen LogP contribution is -2.12.